The Kier molecular flexibility index (Phi) is 3.05. The molecule has 1 aromatic carbocycles. The fraction of sp³-hybridized carbons (Fsp3) is 0.167. The van der Waals surface area contributed by atoms with Crippen molar-refractivity contribution in [2.75, 3.05) is 5.32 Å². The second kappa shape index (κ2) is 4.70. The van der Waals surface area contributed by atoms with Crippen LogP contribution in [0, 0.1) is 0 Å². The van der Waals surface area contributed by atoms with Crippen LogP contribution in [0.3, 0.4) is 0 Å². The van der Waals surface area contributed by atoms with Gasteiger partial charge < -0.3 is 10.1 Å². The van der Waals surface area contributed by atoms with Crippen molar-refractivity contribution in [3.63, 3.8) is 0 Å². The summed E-state index contributed by atoms with van der Waals surface area (Å²) >= 11 is 4.72. The van der Waals surface area contributed by atoms with Crippen molar-refractivity contribution in [1.29, 1.82) is 0 Å². The van der Waals surface area contributed by atoms with E-state index in [9.17, 15) is 4.79 Å². The number of carbonyl (C=O) groups is 1. The summed E-state index contributed by atoms with van der Waals surface area (Å²) < 4.78 is 6.43. The lowest BCUT2D eigenvalue weighted by molar-refractivity contribution is -0.116. The highest BCUT2D eigenvalue weighted by Crippen LogP contribution is 2.31. The molecule has 3 rings (SSSR count). The van der Waals surface area contributed by atoms with E-state index in [-0.39, 0.29) is 5.91 Å². The molecule has 0 saturated heterocycles. The van der Waals surface area contributed by atoms with E-state index >= 15 is 0 Å². The highest BCUT2D eigenvalue weighted by molar-refractivity contribution is 9.10. The van der Waals surface area contributed by atoms with Gasteiger partial charge in [0.05, 0.1) is 0 Å². The third kappa shape index (κ3) is 2.39. The van der Waals surface area contributed by atoms with Crippen molar-refractivity contribution in [3.8, 4) is 10.9 Å². The van der Waals surface area contributed by atoms with Crippen LogP contribution in [-0.2, 0) is 11.2 Å². The number of aromatic nitrogens is 1. The molecule has 0 saturated carbocycles. The van der Waals surface area contributed by atoms with Crippen LogP contribution in [0.15, 0.2) is 28.2 Å². The average molecular weight is 325 g/mol. The van der Waals surface area contributed by atoms with Gasteiger partial charge in [-0.05, 0) is 46.1 Å². The standard InChI is InChI=1S/C12H9BrN2O2S/c13-10-6-18-12(15-10)17-8-2-3-9-7(5-8)1-4-11(16)14-9/h2-3,5-6H,1,4H2,(H,14,16). The first-order chi connectivity index (χ1) is 8.70. The average Bonchev–Trinajstić information content (AvgIpc) is 2.75. The fourth-order valence-electron chi connectivity index (χ4n) is 1.81. The van der Waals surface area contributed by atoms with E-state index in [1.54, 1.807) is 0 Å². The molecule has 4 nitrogen and oxygen atoms in total. The maximum Gasteiger partial charge on any atom is 0.279 e. The number of halogens is 1. The zero-order valence-electron chi connectivity index (χ0n) is 9.27. The molecule has 92 valence electrons. The van der Waals surface area contributed by atoms with E-state index in [0.717, 1.165) is 28.0 Å². The molecule has 2 aromatic rings. The number of fused-ring (bicyclic) bond motifs is 1. The number of aryl methyl sites for hydroxylation is 1. The number of hydrogen-bond acceptors (Lipinski definition) is 4. The largest absolute Gasteiger partial charge is 0.431 e. The van der Waals surface area contributed by atoms with Gasteiger partial charge in [-0.15, -0.1) is 0 Å². The Bertz CT molecular complexity index is 612. The van der Waals surface area contributed by atoms with Gasteiger partial charge in [0.25, 0.3) is 5.19 Å². The molecule has 0 bridgehead atoms. The first-order valence-corrected chi connectivity index (χ1v) is 7.09. The predicted molar refractivity (Wildman–Crippen MR) is 73.3 cm³/mol. The van der Waals surface area contributed by atoms with E-state index in [1.165, 1.54) is 11.3 Å². The summed E-state index contributed by atoms with van der Waals surface area (Å²) in [6, 6.07) is 5.65. The fourth-order valence-corrected chi connectivity index (χ4v) is 2.91. The van der Waals surface area contributed by atoms with Crippen LogP contribution in [0.5, 0.6) is 10.9 Å². The summed E-state index contributed by atoms with van der Waals surface area (Å²) in [5.74, 6) is 0.812. The molecule has 1 aromatic heterocycles. The lowest BCUT2D eigenvalue weighted by Crippen LogP contribution is -2.18. The summed E-state index contributed by atoms with van der Waals surface area (Å²) in [6.45, 7) is 0. The number of amides is 1. The number of hydrogen-bond donors (Lipinski definition) is 1. The van der Waals surface area contributed by atoms with Gasteiger partial charge in [-0.1, -0.05) is 11.3 Å². The Morgan fingerprint density at radius 1 is 1.39 bits per heavy atom. The summed E-state index contributed by atoms with van der Waals surface area (Å²) in [5.41, 5.74) is 1.97. The normalized spacial score (nSPS) is 13.9. The Labute approximate surface area is 116 Å². The summed E-state index contributed by atoms with van der Waals surface area (Å²) in [7, 11) is 0. The number of thiazole rings is 1. The van der Waals surface area contributed by atoms with E-state index in [1.807, 2.05) is 23.6 Å². The molecule has 0 aliphatic carbocycles. The number of ether oxygens (including phenoxy) is 1. The minimum Gasteiger partial charge on any atom is -0.431 e. The van der Waals surface area contributed by atoms with Gasteiger partial charge in [-0.3, -0.25) is 4.79 Å². The minimum absolute atomic E-state index is 0.0695. The van der Waals surface area contributed by atoms with Gasteiger partial charge >= 0.3 is 0 Å². The number of carbonyl (C=O) groups excluding carboxylic acids is 1. The Balaban J connectivity index is 1.84. The van der Waals surface area contributed by atoms with Gasteiger partial charge in [0, 0.05) is 17.5 Å². The molecule has 0 atom stereocenters. The zero-order chi connectivity index (χ0) is 12.5. The first-order valence-electron chi connectivity index (χ1n) is 5.42. The molecular formula is C12H9BrN2O2S. The number of benzene rings is 1. The number of rotatable bonds is 2. The van der Waals surface area contributed by atoms with Crippen molar-refractivity contribution < 1.29 is 9.53 Å². The topological polar surface area (TPSA) is 51.2 Å². The summed E-state index contributed by atoms with van der Waals surface area (Å²) in [4.78, 5) is 15.4. The maximum atomic E-state index is 11.2. The van der Waals surface area contributed by atoms with E-state index in [4.69, 9.17) is 4.74 Å². The molecule has 1 amide bonds. The third-order valence-electron chi connectivity index (χ3n) is 2.63. The second-order valence-electron chi connectivity index (χ2n) is 3.91. The highest BCUT2D eigenvalue weighted by Gasteiger charge is 2.15. The van der Waals surface area contributed by atoms with Crippen LogP contribution in [0.4, 0.5) is 5.69 Å². The molecule has 0 fully saturated rings. The number of nitrogens with one attached hydrogen (secondary N) is 1. The minimum atomic E-state index is 0.0695. The van der Waals surface area contributed by atoms with E-state index in [0.29, 0.717) is 11.6 Å². The van der Waals surface area contributed by atoms with Gasteiger partial charge in [-0.2, -0.15) is 4.98 Å². The van der Waals surface area contributed by atoms with Crippen LogP contribution < -0.4 is 10.1 Å². The highest BCUT2D eigenvalue weighted by atomic mass is 79.9. The van der Waals surface area contributed by atoms with Crippen molar-refractivity contribution in [2.24, 2.45) is 0 Å². The maximum absolute atomic E-state index is 11.2. The van der Waals surface area contributed by atoms with Gasteiger partial charge in [0.15, 0.2) is 0 Å². The molecule has 18 heavy (non-hydrogen) atoms. The summed E-state index contributed by atoms with van der Waals surface area (Å²) in [5, 5.41) is 5.31. The molecular weight excluding hydrogens is 316 g/mol. The van der Waals surface area contributed by atoms with Gasteiger partial charge in [-0.25, -0.2) is 0 Å². The van der Waals surface area contributed by atoms with Crippen LogP contribution in [-0.4, -0.2) is 10.9 Å². The SMILES string of the molecule is O=C1CCc2cc(Oc3nc(Br)cs3)ccc2N1. The van der Waals surface area contributed by atoms with Crippen molar-refractivity contribution in [3.05, 3.63) is 33.7 Å². The van der Waals surface area contributed by atoms with Crippen LogP contribution in [0.2, 0.25) is 0 Å². The molecule has 1 aliphatic heterocycles. The van der Waals surface area contributed by atoms with Crippen molar-refractivity contribution in [1.82, 2.24) is 4.98 Å². The monoisotopic (exact) mass is 324 g/mol. The van der Waals surface area contributed by atoms with Gasteiger partial charge in [0.1, 0.15) is 10.4 Å². The van der Waals surface area contributed by atoms with Crippen molar-refractivity contribution >= 4 is 38.9 Å². The third-order valence-corrected chi connectivity index (χ3v) is 4.06. The molecule has 0 spiro atoms. The quantitative estimate of drug-likeness (QED) is 0.918. The molecule has 1 N–H and O–H groups in total. The second-order valence-corrected chi connectivity index (χ2v) is 5.54. The van der Waals surface area contributed by atoms with E-state index < -0.39 is 0 Å². The summed E-state index contributed by atoms with van der Waals surface area (Å²) in [6.07, 6.45) is 1.28. The molecule has 6 heteroatoms. The Hall–Kier alpha value is -1.40. The molecule has 2 heterocycles. The molecule has 1 aliphatic rings. The zero-order valence-corrected chi connectivity index (χ0v) is 11.7. The smallest absolute Gasteiger partial charge is 0.279 e. The lowest BCUT2D eigenvalue weighted by Gasteiger charge is -2.17. The van der Waals surface area contributed by atoms with E-state index in [2.05, 4.69) is 26.2 Å². The molecule has 0 radical (unpaired) electrons. The number of nitrogens with zero attached hydrogens (tertiary/aromatic N) is 1. The molecule has 0 unspecified atom stereocenters. The van der Waals surface area contributed by atoms with Crippen LogP contribution in [0.25, 0.3) is 0 Å². The lowest BCUT2D eigenvalue weighted by atomic mass is 10.0. The predicted octanol–water partition coefficient (Wildman–Crippen LogP) is 3.58. The Morgan fingerprint density at radius 2 is 2.28 bits per heavy atom. The van der Waals surface area contributed by atoms with Crippen LogP contribution in [0.1, 0.15) is 12.0 Å². The van der Waals surface area contributed by atoms with Crippen molar-refractivity contribution in [2.45, 2.75) is 12.8 Å². The van der Waals surface area contributed by atoms with Gasteiger partial charge in [0.2, 0.25) is 5.91 Å². The first kappa shape index (κ1) is 11.7. The van der Waals surface area contributed by atoms with Crippen LogP contribution >= 0.6 is 27.3 Å². The number of anilines is 1. The Morgan fingerprint density at radius 3 is 3.06 bits per heavy atom.